The number of aromatic carboxylic acids is 2. The second kappa shape index (κ2) is 18.0. The van der Waals surface area contributed by atoms with E-state index in [1.54, 1.807) is 6.07 Å². The number of carboxylic acids is 2. The zero-order valence-corrected chi connectivity index (χ0v) is 15.2. The van der Waals surface area contributed by atoms with Gasteiger partial charge in [0.25, 0.3) is 0 Å². The van der Waals surface area contributed by atoms with E-state index >= 15 is 0 Å². The van der Waals surface area contributed by atoms with Crippen molar-refractivity contribution in [1.29, 1.82) is 0 Å². The van der Waals surface area contributed by atoms with Crippen molar-refractivity contribution in [2.45, 2.75) is 71.1 Å². The van der Waals surface area contributed by atoms with Gasteiger partial charge in [0, 0.05) is 12.2 Å². The maximum absolute atomic E-state index is 11.1. The van der Waals surface area contributed by atoms with Crippen LogP contribution in [0.15, 0.2) is 18.2 Å². The molecule has 1 aromatic carbocycles. The van der Waals surface area contributed by atoms with Crippen LogP contribution < -0.4 is 5.32 Å². The van der Waals surface area contributed by atoms with Crippen molar-refractivity contribution >= 4 is 76.7 Å². The van der Waals surface area contributed by atoms with Crippen LogP contribution in [-0.4, -0.2) is 87.8 Å². The summed E-state index contributed by atoms with van der Waals surface area (Å²) in [6.45, 7) is 3.00. The van der Waals surface area contributed by atoms with Crippen molar-refractivity contribution in [3.63, 3.8) is 0 Å². The van der Waals surface area contributed by atoms with Crippen molar-refractivity contribution < 1.29 is 19.8 Å². The molecule has 0 aromatic heterocycles. The monoisotopic (exact) mass is 397 g/mol. The molecule has 0 aliphatic carbocycles. The molecule has 0 spiro atoms. The Morgan fingerprint density at radius 1 is 0.778 bits per heavy atom. The van der Waals surface area contributed by atoms with Gasteiger partial charge >= 0.3 is 71.1 Å². The van der Waals surface area contributed by atoms with Gasteiger partial charge in [-0.3, -0.25) is 0 Å². The topological polar surface area (TPSA) is 86.6 Å². The first-order valence-electron chi connectivity index (χ1n) is 9.40. The van der Waals surface area contributed by atoms with Gasteiger partial charge in [-0.2, -0.15) is 0 Å². The van der Waals surface area contributed by atoms with E-state index in [1.165, 1.54) is 63.5 Å². The van der Waals surface area contributed by atoms with Gasteiger partial charge in [-0.25, -0.2) is 9.59 Å². The van der Waals surface area contributed by atoms with Crippen LogP contribution in [0.2, 0.25) is 0 Å². The van der Waals surface area contributed by atoms with Crippen LogP contribution in [0.4, 0.5) is 5.69 Å². The average Bonchev–Trinajstić information content (AvgIpc) is 2.59. The third-order valence-electron chi connectivity index (χ3n) is 4.34. The first kappa shape index (κ1) is 29.2. The Hall–Kier alpha value is -0.0400. The minimum absolute atomic E-state index is 0. The van der Waals surface area contributed by atoms with Crippen LogP contribution in [0.1, 0.15) is 91.8 Å². The van der Waals surface area contributed by atoms with Crippen LogP contribution in [0.3, 0.4) is 0 Å². The molecule has 0 radical (unpaired) electrons. The number of rotatable bonds is 14. The molecule has 5 nitrogen and oxygen atoms in total. The van der Waals surface area contributed by atoms with Crippen LogP contribution in [0.5, 0.6) is 0 Å². The van der Waals surface area contributed by atoms with Gasteiger partial charge in [0.2, 0.25) is 0 Å². The first-order valence-corrected chi connectivity index (χ1v) is 9.40. The third kappa shape index (κ3) is 12.9. The summed E-state index contributed by atoms with van der Waals surface area (Å²) in [5.41, 5.74) is 0.288. The van der Waals surface area contributed by atoms with E-state index in [4.69, 9.17) is 10.2 Å². The molecule has 27 heavy (non-hydrogen) atoms. The Bertz CT molecular complexity index is 553. The molecule has 0 unspecified atom stereocenters. The van der Waals surface area contributed by atoms with E-state index in [-0.39, 0.29) is 70.2 Å². The molecule has 0 aliphatic rings. The van der Waals surface area contributed by atoms with E-state index in [0.29, 0.717) is 5.69 Å². The molecule has 7 heteroatoms. The third-order valence-corrected chi connectivity index (χ3v) is 4.34. The summed E-state index contributed by atoms with van der Waals surface area (Å²) in [7, 11) is 0. The van der Waals surface area contributed by atoms with Crippen molar-refractivity contribution in [3.8, 4) is 0 Å². The summed E-state index contributed by atoms with van der Waals surface area (Å²) in [6, 6.07) is 4.35. The molecule has 0 heterocycles. The normalized spacial score (nSPS) is 9.81. The second-order valence-corrected chi connectivity index (χ2v) is 6.48. The summed E-state index contributed by atoms with van der Waals surface area (Å²) >= 11 is 0. The molecule has 1 aromatic rings. The van der Waals surface area contributed by atoms with Crippen LogP contribution in [0.25, 0.3) is 0 Å². The summed E-state index contributed by atoms with van der Waals surface area (Å²) in [5, 5.41) is 21.3. The van der Waals surface area contributed by atoms with Crippen LogP contribution in [0, 0.1) is 0 Å². The summed E-state index contributed by atoms with van der Waals surface area (Å²) in [6.07, 6.45) is 12.7. The fraction of sp³-hybridized carbons (Fsp3) is 0.600. The zero-order chi connectivity index (χ0) is 18.5. The molecule has 0 saturated carbocycles. The van der Waals surface area contributed by atoms with Crippen molar-refractivity contribution in [2.75, 3.05) is 11.9 Å². The molecular weight excluding hydrogens is 364 g/mol. The molecule has 0 fully saturated rings. The molecule has 0 bridgehead atoms. The number of benzene rings is 1. The van der Waals surface area contributed by atoms with Crippen LogP contribution in [-0.2, 0) is 0 Å². The Labute approximate surface area is 207 Å². The Morgan fingerprint density at radius 2 is 1.26 bits per heavy atom. The van der Waals surface area contributed by atoms with E-state index in [0.717, 1.165) is 19.4 Å². The number of hydrogen-bond donors (Lipinski definition) is 3. The number of nitrogens with one attached hydrogen (secondary N) is 1. The standard InChI is InChI=1S/C20H31NO4.2Na.2H/c1-2-3-4-5-6-7-8-9-10-11-14-21-16-12-13-17(19(22)23)18(15-16)20(24)25;;;;/h12-13,15,21H,2-11,14H2,1H3,(H,22,23)(H,24,25);;;;. The van der Waals surface area contributed by atoms with E-state index in [1.807, 2.05) is 0 Å². The maximum atomic E-state index is 11.1. The van der Waals surface area contributed by atoms with Gasteiger partial charge in [0.1, 0.15) is 0 Å². The molecule has 0 amide bonds. The number of unbranched alkanes of at least 4 members (excludes halogenated alkanes) is 9. The molecule has 0 saturated heterocycles. The zero-order valence-electron chi connectivity index (χ0n) is 15.2. The molecule has 3 N–H and O–H groups in total. The van der Waals surface area contributed by atoms with Crippen LogP contribution >= 0.6 is 0 Å². The van der Waals surface area contributed by atoms with Gasteiger partial charge in [0.15, 0.2) is 0 Å². The number of carbonyl (C=O) groups is 2. The van der Waals surface area contributed by atoms with E-state index in [2.05, 4.69) is 12.2 Å². The molecule has 1 rings (SSSR count). The molecule has 144 valence electrons. The second-order valence-electron chi connectivity index (χ2n) is 6.48. The Kier molecular flexibility index (Phi) is 19.5. The summed E-state index contributed by atoms with van der Waals surface area (Å²) in [5.74, 6) is -2.45. The molecular formula is C20H33NNa2O4. The van der Waals surface area contributed by atoms with E-state index < -0.39 is 11.9 Å². The Balaban J connectivity index is 0. The number of hydrogen-bond acceptors (Lipinski definition) is 3. The van der Waals surface area contributed by atoms with Gasteiger partial charge < -0.3 is 15.5 Å². The quantitative estimate of drug-likeness (QED) is 0.325. The van der Waals surface area contributed by atoms with Crippen molar-refractivity contribution in [1.82, 2.24) is 0 Å². The predicted octanol–water partition coefficient (Wildman–Crippen LogP) is 4.12. The minimum atomic E-state index is -1.22. The predicted molar refractivity (Wildman–Crippen MR) is 115 cm³/mol. The average molecular weight is 397 g/mol. The van der Waals surface area contributed by atoms with E-state index in [9.17, 15) is 9.59 Å². The van der Waals surface area contributed by atoms with Gasteiger partial charge in [0.05, 0.1) is 11.1 Å². The summed E-state index contributed by atoms with van der Waals surface area (Å²) < 4.78 is 0. The number of carboxylic acid groups (broad SMARTS) is 2. The fourth-order valence-electron chi connectivity index (χ4n) is 2.86. The van der Waals surface area contributed by atoms with Crippen molar-refractivity contribution in [3.05, 3.63) is 29.3 Å². The number of anilines is 1. The van der Waals surface area contributed by atoms with Gasteiger partial charge in [-0.1, -0.05) is 64.7 Å². The molecule has 0 atom stereocenters. The fourth-order valence-corrected chi connectivity index (χ4v) is 2.86. The van der Waals surface area contributed by atoms with Crippen molar-refractivity contribution in [2.24, 2.45) is 0 Å². The molecule has 0 aliphatic heterocycles. The van der Waals surface area contributed by atoms with Gasteiger partial charge in [-0.05, 0) is 24.6 Å². The Morgan fingerprint density at radius 3 is 1.74 bits per heavy atom. The SMILES string of the molecule is CCCCCCCCCCCCNc1ccc(C(=O)O)c(C(=O)O)c1.[NaH].[NaH]. The van der Waals surface area contributed by atoms with Gasteiger partial charge in [-0.15, -0.1) is 0 Å². The summed E-state index contributed by atoms with van der Waals surface area (Å²) in [4.78, 5) is 22.2. The first-order chi connectivity index (χ1) is 12.1.